The predicted octanol–water partition coefficient (Wildman–Crippen LogP) is 4.51. The summed E-state index contributed by atoms with van der Waals surface area (Å²) in [6, 6.07) is 11.5. The lowest BCUT2D eigenvalue weighted by molar-refractivity contribution is 0.508. The van der Waals surface area contributed by atoms with Crippen molar-refractivity contribution in [3.05, 3.63) is 84.6 Å². The van der Waals surface area contributed by atoms with Crippen LogP contribution in [0.4, 0.5) is 14.7 Å². The lowest BCUT2D eigenvalue weighted by atomic mass is 10.0. The van der Waals surface area contributed by atoms with Gasteiger partial charge in [0.25, 0.3) is 0 Å². The van der Waals surface area contributed by atoms with Gasteiger partial charge in [-0.1, -0.05) is 19.1 Å². The fourth-order valence-corrected chi connectivity index (χ4v) is 3.79. The smallest absolute Gasteiger partial charge is 0.240 e. The monoisotopic (exact) mass is 431 g/mol. The summed E-state index contributed by atoms with van der Waals surface area (Å²) < 4.78 is 31.2. The standard InChI is InChI=1S/C23H19F2N7/c1-2-20(14-3-5-18(24)6-4-14)32-13-17(12-28-32)16-9-19(22(25)27-11-16)15-7-8-31-21(10-15)29-23(26)30-31/h3-13,20H,2H2,1H3,(H2,26,30). The molecule has 5 rings (SSSR count). The quantitative estimate of drug-likeness (QED) is 0.414. The second-order valence-electron chi connectivity index (χ2n) is 7.44. The maximum Gasteiger partial charge on any atom is 0.240 e. The van der Waals surface area contributed by atoms with Gasteiger partial charge in [0.1, 0.15) is 5.82 Å². The number of rotatable bonds is 5. The van der Waals surface area contributed by atoms with Crippen molar-refractivity contribution in [3.8, 4) is 22.3 Å². The van der Waals surface area contributed by atoms with Crippen molar-refractivity contribution in [1.82, 2.24) is 29.4 Å². The van der Waals surface area contributed by atoms with Crippen LogP contribution in [0.2, 0.25) is 0 Å². The molecule has 0 aliphatic rings. The van der Waals surface area contributed by atoms with E-state index >= 15 is 0 Å². The number of nitrogens with zero attached hydrogens (tertiary/aromatic N) is 6. The SMILES string of the molecule is CCC(c1ccc(F)cc1)n1cc(-c2cnc(F)c(-c3ccn4nc(N)nc4c3)c2)cn1. The summed E-state index contributed by atoms with van der Waals surface area (Å²) >= 11 is 0. The number of nitrogen functional groups attached to an aromatic ring is 1. The molecular weight excluding hydrogens is 412 g/mol. The molecule has 5 aromatic rings. The minimum atomic E-state index is -0.587. The average Bonchev–Trinajstić information content (AvgIpc) is 3.41. The van der Waals surface area contributed by atoms with Crippen LogP contribution in [0.1, 0.15) is 24.9 Å². The molecule has 0 bridgehead atoms. The Morgan fingerprint density at radius 1 is 1.00 bits per heavy atom. The van der Waals surface area contributed by atoms with Crippen LogP contribution in [-0.4, -0.2) is 29.4 Å². The number of hydrogen-bond acceptors (Lipinski definition) is 5. The fraction of sp³-hybridized carbons (Fsp3) is 0.130. The number of aromatic nitrogens is 6. The highest BCUT2D eigenvalue weighted by Crippen LogP contribution is 2.29. The molecule has 4 aromatic heterocycles. The van der Waals surface area contributed by atoms with E-state index in [0.717, 1.165) is 23.1 Å². The lowest BCUT2D eigenvalue weighted by Crippen LogP contribution is -2.10. The van der Waals surface area contributed by atoms with Gasteiger partial charge in [-0.15, -0.1) is 5.10 Å². The summed E-state index contributed by atoms with van der Waals surface area (Å²) in [5.41, 5.74) is 9.59. The molecule has 1 atom stereocenters. The van der Waals surface area contributed by atoms with Crippen LogP contribution in [0.3, 0.4) is 0 Å². The van der Waals surface area contributed by atoms with Gasteiger partial charge in [-0.2, -0.15) is 14.5 Å². The van der Waals surface area contributed by atoms with Gasteiger partial charge in [0.15, 0.2) is 5.65 Å². The molecule has 0 radical (unpaired) electrons. The van der Waals surface area contributed by atoms with E-state index in [0.29, 0.717) is 16.8 Å². The Morgan fingerprint density at radius 3 is 2.59 bits per heavy atom. The molecule has 1 aromatic carbocycles. The molecule has 0 saturated carbocycles. The second kappa shape index (κ2) is 7.84. The summed E-state index contributed by atoms with van der Waals surface area (Å²) in [6.07, 6.45) is 7.53. The van der Waals surface area contributed by atoms with Gasteiger partial charge in [0, 0.05) is 35.3 Å². The van der Waals surface area contributed by atoms with Crippen LogP contribution >= 0.6 is 0 Å². The molecule has 2 N–H and O–H groups in total. The molecule has 0 spiro atoms. The van der Waals surface area contributed by atoms with Crippen molar-refractivity contribution in [2.24, 2.45) is 0 Å². The number of fused-ring (bicyclic) bond motifs is 1. The van der Waals surface area contributed by atoms with E-state index in [1.54, 1.807) is 42.7 Å². The zero-order valence-corrected chi connectivity index (χ0v) is 17.2. The molecular formula is C23H19F2N7. The van der Waals surface area contributed by atoms with E-state index < -0.39 is 5.95 Å². The third-order valence-electron chi connectivity index (χ3n) is 5.40. The summed E-state index contributed by atoms with van der Waals surface area (Å²) in [6.45, 7) is 2.04. The van der Waals surface area contributed by atoms with Crippen molar-refractivity contribution in [2.75, 3.05) is 5.73 Å². The highest BCUT2D eigenvalue weighted by molar-refractivity contribution is 5.73. The van der Waals surface area contributed by atoms with Gasteiger partial charge in [0.05, 0.1) is 12.2 Å². The molecule has 4 heterocycles. The van der Waals surface area contributed by atoms with Gasteiger partial charge in [0.2, 0.25) is 11.9 Å². The van der Waals surface area contributed by atoms with Gasteiger partial charge < -0.3 is 5.73 Å². The molecule has 0 aliphatic carbocycles. The van der Waals surface area contributed by atoms with E-state index in [2.05, 4.69) is 20.2 Å². The zero-order chi connectivity index (χ0) is 22.2. The van der Waals surface area contributed by atoms with Crippen LogP contribution in [-0.2, 0) is 0 Å². The molecule has 7 nitrogen and oxygen atoms in total. The van der Waals surface area contributed by atoms with Gasteiger partial charge in [-0.25, -0.2) is 13.9 Å². The first-order valence-corrected chi connectivity index (χ1v) is 10.1. The van der Waals surface area contributed by atoms with Crippen molar-refractivity contribution in [3.63, 3.8) is 0 Å². The molecule has 32 heavy (non-hydrogen) atoms. The van der Waals surface area contributed by atoms with Crippen LogP contribution in [0, 0.1) is 11.8 Å². The third kappa shape index (κ3) is 3.58. The maximum atomic E-state index is 14.6. The number of nitrogens with two attached hydrogens (primary N) is 1. The van der Waals surface area contributed by atoms with Gasteiger partial charge in [-0.3, -0.25) is 4.68 Å². The Labute approximate surface area is 182 Å². The van der Waals surface area contributed by atoms with Crippen LogP contribution in [0.5, 0.6) is 0 Å². The van der Waals surface area contributed by atoms with E-state index in [1.807, 2.05) is 17.8 Å². The first-order chi connectivity index (χ1) is 15.5. The van der Waals surface area contributed by atoms with Gasteiger partial charge in [-0.05, 0) is 47.9 Å². The second-order valence-corrected chi connectivity index (χ2v) is 7.44. The van der Waals surface area contributed by atoms with E-state index in [9.17, 15) is 8.78 Å². The zero-order valence-electron chi connectivity index (χ0n) is 17.2. The number of halogens is 2. The van der Waals surface area contributed by atoms with E-state index in [-0.39, 0.29) is 17.8 Å². The highest BCUT2D eigenvalue weighted by Gasteiger charge is 2.16. The fourth-order valence-electron chi connectivity index (χ4n) is 3.79. The van der Waals surface area contributed by atoms with Crippen molar-refractivity contribution in [1.29, 1.82) is 0 Å². The van der Waals surface area contributed by atoms with Crippen LogP contribution in [0.15, 0.2) is 67.3 Å². The third-order valence-corrected chi connectivity index (χ3v) is 5.40. The Hall–Kier alpha value is -4.14. The Balaban J connectivity index is 1.50. The lowest BCUT2D eigenvalue weighted by Gasteiger charge is -2.16. The minimum Gasteiger partial charge on any atom is -0.366 e. The topological polar surface area (TPSA) is 86.9 Å². The Bertz CT molecular complexity index is 1410. The van der Waals surface area contributed by atoms with Crippen LogP contribution in [0.25, 0.3) is 27.9 Å². The van der Waals surface area contributed by atoms with Crippen molar-refractivity contribution >= 4 is 11.6 Å². The van der Waals surface area contributed by atoms with Crippen molar-refractivity contribution < 1.29 is 8.78 Å². The maximum absolute atomic E-state index is 14.6. The molecule has 0 amide bonds. The number of hydrogen-bond donors (Lipinski definition) is 1. The number of benzene rings is 1. The average molecular weight is 431 g/mol. The molecule has 1 unspecified atom stereocenters. The first-order valence-electron chi connectivity index (χ1n) is 10.1. The molecule has 0 aliphatic heterocycles. The Kier molecular flexibility index (Phi) is 4.85. The van der Waals surface area contributed by atoms with Gasteiger partial charge >= 0.3 is 0 Å². The molecule has 9 heteroatoms. The summed E-state index contributed by atoms with van der Waals surface area (Å²) in [7, 11) is 0. The first kappa shape index (κ1) is 19.8. The Morgan fingerprint density at radius 2 is 1.81 bits per heavy atom. The number of pyridine rings is 2. The number of anilines is 1. The largest absolute Gasteiger partial charge is 0.366 e. The summed E-state index contributed by atoms with van der Waals surface area (Å²) in [5, 5.41) is 8.53. The van der Waals surface area contributed by atoms with Crippen LogP contribution < -0.4 is 5.73 Å². The summed E-state index contributed by atoms with van der Waals surface area (Å²) in [5.74, 6) is -0.717. The molecule has 160 valence electrons. The van der Waals surface area contributed by atoms with E-state index in [1.165, 1.54) is 22.8 Å². The summed E-state index contributed by atoms with van der Waals surface area (Å²) in [4.78, 5) is 8.07. The van der Waals surface area contributed by atoms with Crippen molar-refractivity contribution in [2.45, 2.75) is 19.4 Å². The van der Waals surface area contributed by atoms with E-state index in [4.69, 9.17) is 5.73 Å². The predicted molar refractivity (Wildman–Crippen MR) is 117 cm³/mol. The normalized spacial score (nSPS) is 12.3. The highest BCUT2D eigenvalue weighted by atomic mass is 19.1. The minimum absolute atomic E-state index is 0.0435. The molecule has 0 fully saturated rings. The molecule has 0 saturated heterocycles.